The number of aryl methyl sites for hydroxylation is 2. The Balaban J connectivity index is 2.38. The van der Waals surface area contributed by atoms with Gasteiger partial charge in [0.1, 0.15) is 5.82 Å². The van der Waals surface area contributed by atoms with Crippen molar-refractivity contribution in [3.05, 3.63) is 41.3 Å². The highest BCUT2D eigenvalue weighted by molar-refractivity contribution is 5.62. The third-order valence-electron chi connectivity index (χ3n) is 3.64. The van der Waals surface area contributed by atoms with Crippen molar-refractivity contribution in [3.8, 4) is 11.3 Å². The predicted molar refractivity (Wildman–Crippen MR) is 80.1 cm³/mol. The number of imidazole rings is 1. The highest BCUT2D eigenvalue weighted by Gasteiger charge is 2.19. The number of nitrogens with two attached hydrogens (primary N) is 1. The maximum atomic E-state index is 5.86. The fraction of sp³-hybridized carbons (Fsp3) is 0.438. The minimum Gasteiger partial charge on any atom is -0.345 e. The van der Waals surface area contributed by atoms with E-state index in [-0.39, 0.29) is 5.92 Å². The Bertz CT molecular complexity index is 538. The molecule has 1 aromatic heterocycles. The molecule has 0 aliphatic heterocycles. The van der Waals surface area contributed by atoms with Gasteiger partial charge in [-0.1, -0.05) is 43.7 Å². The Morgan fingerprint density at radius 1 is 1.16 bits per heavy atom. The van der Waals surface area contributed by atoms with Crippen LogP contribution in [-0.4, -0.2) is 16.5 Å². The number of benzene rings is 1. The third-order valence-corrected chi connectivity index (χ3v) is 3.64. The maximum Gasteiger partial charge on any atom is 0.111 e. The molecule has 0 aliphatic rings. The summed E-state index contributed by atoms with van der Waals surface area (Å²) in [7, 11) is 0. The maximum absolute atomic E-state index is 5.86. The van der Waals surface area contributed by atoms with Crippen LogP contribution < -0.4 is 5.73 Å². The molecule has 0 aliphatic carbocycles. The first kappa shape index (κ1) is 13.8. The molecule has 0 radical (unpaired) electrons. The van der Waals surface area contributed by atoms with Gasteiger partial charge in [-0.15, -0.1) is 0 Å². The summed E-state index contributed by atoms with van der Waals surface area (Å²) < 4.78 is 0. The second-order valence-electron chi connectivity index (χ2n) is 5.55. The quantitative estimate of drug-likeness (QED) is 0.882. The monoisotopic (exact) mass is 257 g/mol. The highest BCUT2D eigenvalue weighted by atomic mass is 14.9. The van der Waals surface area contributed by atoms with Gasteiger partial charge in [0.2, 0.25) is 0 Å². The molecule has 3 nitrogen and oxygen atoms in total. The lowest BCUT2D eigenvalue weighted by Crippen LogP contribution is -2.19. The SMILES string of the molecule is Cc1ccc(-c2nc(C(CN)C(C)C)[nH]c2C)cc1. The van der Waals surface area contributed by atoms with Crippen LogP contribution in [0.4, 0.5) is 0 Å². The van der Waals surface area contributed by atoms with Crippen molar-refractivity contribution in [1.82, 2.24) is 9.97 Å². The summed E-state index contributed by atoms with van der Waals surface area (Å²) in [6.45, 7) is 9.15. The summed E-state index contributed by atoms with van der Waals surface area (Å²) in [5.74, 6) is 1.78. The van der Waals surface area contributed by atoms with E-state index in [1.54, 1.807) is 0 Å². The van der Waals surface area contributed by atoms with E-state index < -0.39 is 0 Å². The topological polar surface area (TPSA) is 54.7 Å². The lowest BCUT2D eigenvalue weighted by atomic mass is 9.95. The summed E-state index contributed by atoms with van der Waals surface area (Å²) in [6, 6.07) is 8.47. The smallest absolute Gasteiger partial charge is 0.111 e. The largest absolute Gasteiger partial charge is 0.345 e. The van der Waals surface area contributed by atoms with Gasteiger partial charge >= 0.3 is 0 Å². The van der Waals surface area contributed by atoms with Crippen LogP contribution in [0.5, 0.6) is 0 Å². The molecule has 1 atom stereocenters. The van der Waals surface area contributed by atoms with E-state index in [1.807, 2.05) is 0 Å². The number of rotatable bonds is 4. The number of hydrogen-bond donors (Lipinski definition) is 2. The summed E-state index contributed by atoms with van der Waals surface area (Å²) in [5, 5.41) is 0. The molecule has 2 aromatic rings. The molecular weight excluding hydrogens is 234 g/mol. The molecule has 0 amide bonds. The van der Waals surface area contributed by atoms with Crippen molar-refractivity contribution in [3.63, 3.8) is 0 Å². The van der Waals surface area contributed by atoms with Gasteiger partial charge in [-0.25, -0.2) is 4.98 Å². The van der Waals surface area contributed by atoms with Crippen molar-refractivity contribution < 1.29 is 0 Å². The van der Waals surface area contributed by atoms with Crippen molar-refractivity contribution in [2.24, 2.45) is 11.7 Å². The summed E-state index contributed by atoms with van der Waals surface area (Å²) in [6.07, 6.45) is 0. The van der Waals surface area contributed by atoms with E-state index >= 15 is 0 Å². The Hall–Kier alpha value is -1.61. The molecule has 3 heteroatoms. The first-order valence-electron chi connectivity index (χ1n) is 6.86. The van der Waals surface area contributed by atoms with Gasteiger partial charge in [-0.05, 0) is 19.8 Å². The van der Waals surface area contributed by atoms with Gasteiger partial charge in [0, 0.05) is 23.7 Å². The second-order valence-corrected chi connectivity index (χ2v) is 5.55. The van der Waals surface area contributed by atoms with Gasteiger partial charge in [0.25, 0.3) is 0 Å². The second kappa shape index (κ2) is 5.57. The standard InChI is InChI=1S/C16H23N3/c1-10(2)14(9-17)16-18-12(4)15(19-16)13-7-5-11(3)6-8-13/h5-8,10,14H,9,17H2,1-4H3,(H,18,19). The molecule has 0 bridgehead atoms. The van der Waals surface area contributed by atoms with Crippen LogP contribution in [0.1, 0.15) is 36.8 Å². The van der Waals surface area contributed by atoms with Crippen LogP contribution in [-0.2, 0) is 0 Å². The Morgan fingerprint density at radius 2 is 1.79 bits per heavy atom. The molecule has 0 saturated carbocycles. The van der Waals surface area contributed by atoms with E-state index in [2.05, 4.69) is 56.9 Å². The molecule has 1 unspecified atom stereocenters. The minimum absolute atomic E-state index is 0.290. The van der Waals surface area contributed by atoms with Gasteiger partial charge in [0.15, 0.2) is 0 Å². The normalized spacial score (nSPS) is 12.9. The Morgan fingerprint density at radius 3 is 2.32 bits per heavy atom. The zero-order valence-corrected chi connectivity index (χ0v) is 12.2. The third kappa shape index (κ3) is 2.87. The van der Waals surface area contributed by atoms with Gasteiger partial charge in [-0.3, -0.25) is 0 Å². The van der Waals surface area contributed by atoms with E-state index in [0.717, 1.165) is 22.8 Å². The molecule has 102 valence electrons. The lowest BCUT2D eigenvalue weighted by molar-refractivity contribution is 0.487. The number of aromatic amines is 1. The van der Waals surface area contributed by atoms with Gasteiger partial charge < -0.3 is 10.7 Å². The molecule has 19 heavy (non-hydrogen) atoms. The Kier molecular flexibility index (Phi) is 4.05. The van der Waals surface area contributed by atoms with Crippen LogP contribution in [0.2, 0.25) is 0 Å². The molecule has 0 spiro atoms. The van der Waals surface area contributed by atoms with E-state index in [4.69, 9.17) is 10.7 Å². The molecule has 2 rings (SSSR count). The molecule has 3 N–H and O–H groups in total. The van der Waals surface area contributed by atoms with Crippen LogP contribution in [0.15, 0.2) is 24.3 Å². The van der Waals surface area contributed by atoms with Crippen molar-refractivity contribution in [1.29, 1.82) is 0 Å². The van der Waals surface area contributed by atoms with Crippen molar-refractivity contribution >= 4 is 0 Å². The van der Waals surface area contributed by atoms with Crippen molar-refractivity contribution in [2.45, 2.75) is 33.6 Å². The van der Waals surface area contributed by atoms with Crippen LogP contribution in [0.3, 0.4) is 0 Å². The van der Waals surface area contributed by atoms with Gasteiger partial charge in [-0.2, -0.15) is 0 Å². The summed E-state index contributed by atoms with van der Waals surface area (Å²) >= 11 is 0. The number of hydrogen-bond acceptors (Lipinski definition) is 2. The molecule has 1 aromatic carbocycles. The van der Waals surface area contributed by atoms with E-state index in [9.17, 15) is 0 Å². The predicted octanol–water partition coefficient (Wildman–Crippen LogP) is 3.39. The first-order valence-corrected chi connectivity index (χ1v) is 6.86. The zero-order chi connectivity index (χ0) is 14.0. The fourth-order valence-corrected chi connectivity index (χ4v) is 2.35. The molecule has 0 saturated heterocycles. The minimum atomic E-state index is 0.290. The van der Waals surface area contributed by atoms with Crippen LogP contribution in [0.25, 0.3) is 11.3 Å². The van der Waals surface area contributed by atoms with Crippen molar-refractivity contribution in [2.75, 3.05) is 6.54 Å². The highest BCUT2D eigenvalue weighted by Crippen LogP contribution is 2.27. The number of nitrogens with zero attached hydrogens (tertiary/aromatic N) is 1. The number of aromatic nitrogens is 2. The first-order chi connectivity index (χ1) is 9.02. The van der Waals surface area contributed by atoms with Crippen LogP contribution in [0, 0.1) is 19.8 Å². The summed E-state index contributed by atoms with van der Waals surface area (Å²) in [4.78, 5) is 8.17. The number of H-pyrrole nitrogens is 1. The lowest BCUT2D eigenvalue weighted by Gasteiger charge is -2.15. The van der Waals surface area contributed by atoms with E-state index in [0.29, 0.717) is 12.5 Å². The average Bonchev–Trinajstić information content (AvgIpc) is 2.72. The summed E-state index contributed by atoms with van der Waals surface area (Å²) in [5.41, 5.74) is 10.4. The Labute approximate surface area is 115 Å². The average molecular weight is 257 g/mol. The zero-order valence-electron chi connectivity index (χ0n) is 12.2. The molecule has 0 fully saturated rings. The molecular formula is C16H23N3. The molecule has 1 heterocycles. The number of nitrogens with one attached hydrogen (secondary N) is 1. The van der Waals surface area contributed by atoms with E-state index in [1.165, 1.54) is 5.56 Å². The van der Waals surface area contributed by atoms with Crippen LogP contribution >= 0.6 is 0 Å². The van der Waals surface area contributed by atoms with Gasteiger partial charge in [0.05, 0.1) is 5.69 Å². The fourth-order valence-electron chi connectivity index (χ4n) is 2.35.